The summed E-state index contributed by atoms with van der Waals surface area (Å²) < 4.78 is 1.86. The zero-order valence-electron chi connectivity index (χ0n) is 15.1. The average molecular weight is 346 g/mol. The minimum absolute atomic E-state index is 0.0572. The van der Waals surface area contributed by atoms with Gasteiger partial charge in [0.05, 0.1) is 17.8 Å². The van der Waals surface area contributed by atoms with Gasteiger partial charge in [0.25, 0.3) is 0 Å². The maximum absolute atomic E-state index is 12.6. The van der Waals surface area contributed by atoms with E-state index in [1.807, 2.05) is 61.0 Å². The van der Waals surface area contributed by atoms with Crippen molar-refractivity contribution in [2.24, 2.45) is 0 Å². The summed E-state index contributed by atoms with van der Waals surface area (Å²) in [5, 5.41) is 7.88. The van der Waals surface area contributed by atoms with Crippen molar-refractivity contribution in [3.05, 3.63) is 71.2 Å². The number of hydrogen-bond acceptors (Lipinski definition) is 3. The zero-order valence-corrected chi connectivity index (χ0v) is 15.1. The molecule has 2 aromatic heterocycles. The third kappa shape index (κ3) is 3.38. The number of pyridine rings is 1. The summed E-state index contributed by atoms with van der Waals surface area (Å²) in [6.07, 6.45) is 4.40. The van der Waals surface area contributed by atoms with E-state index >= 15 is 0 Å². The first-order valence-electron chi connectivity index (χ1n) is 8.98. The highest BCUT2D eigenvalue weighted by molar-refractivity contribution is 5.92. The number of aromatic nitrogens is 3. The summed E-state index contributed by atoms with van der Waals surface area (Å²) in [7, 11) is 0. The second kappa shape index (κ2) is 6.75. The van der Waals surface area contributed by atoms with Crippen molar-refractivity contribution in [1.82, 2.24) is 14.8 Å². The Morgan fingerprint density at radius 3 is 2.58 bits per heavy atom. The first-order valence-corrected chi connectivity index (χ1v) is 8.98. The number of benzene rings is 1. The van der Waals surface area contributed by atoms with E-state index in [-0.39, 0.29) is 5.91 Å². The fourth-order valence-corrected chi connectivity index (χ4v) is 3.12. The quantitative estimate of drug-likeness (QED) is 0.761. The van der Waals surface area contributed by atoms with Crippen LogP contribution in [0, 0.1) is 13.8 Å². The highest BCUT2D eigenvalue weighted by Crippen LogP contribution is 2.42. The van der Waals surface area contributed by atoms with Crippen molar-refractivity contribution in [2.75, 3.05) is 5.32 Å². The van der Waals surface area contributed by atoms with Crippen LogP contribution < -0.4 is 5.32 Å². The molecule has 4 rings (SSSR count). The first-order chi connectivity index (χ1) is 12.6. The molecule has 1 saturated carbocycles. The number of carbonyl (C=O) groups excluding carboxylic acids is 1. The van der Waals surface area contributed by atoms with Crippen LogP contribution in [-0.2, 0) is 11.2 Å². The molecule has 0 aliphatic heterocycles. The largest absolute Gasteiger partial charge is 0.310 e. The Bertz CT molecular complexity index is 925. The van der Waals surface area contributed by atoms with Crippen molar-refractivity contribution in [2.45, 2.75) is 39.0 Å². The number of nitrogens with one attached hydrogen (secondary N) is 1. The molecule has 1 N–H and O–H groups in total. The van der Waals surface area contributed by atoms with Gasteiger partial charge in [-0.25, -0.2) is 4.68 Å². The van der Waals surface area contributed by atoms with Gasteiger partial charge in [0.15, 0.2) is 0 Å². The maximum Gasteiger partial charge on any atom is 0.230 e. The van der Waals surface area contributed by atoms with Crippen molar-refractivity contribution < 1.29 is 4.79 Å². The van der Waals surface area contributed by atoms with Crippen molar-refractivity contribution in [1.29, 1.82) is 0 Å². The number of carbonyl (C=O) groups is 1. The number of aryl methyl sites for hydroxylation is 1. The Morgan fingerprint density at radius 1 is 1.15 bits per heavy atom. The molecule has 1 fully saturated rings. The van der Waals surface area contributed by atoms with E-state index < -0.39 is 0 Å². The highest BCUT2D eigenvalue weighted by atomic mass is 16.1. The Kier molecular flexibility index (Phi) is 4.29. The molecule has 0 atom stereocenters. The van der Waals surface area contributed by atoms with E-state index in [1.54, 1.807) is 6.20 Å². The van der Waals surface area contributed by atoms with Crippen LogP contribution in [0.5, 0.6) is 0 Å². The van der Waals surface area contributed by atoms with E-state index in [1.165, 1.54) is 12.8 Å². The number of amides is 1. The van der Waals surface area contributed by atoms with Crippen molar-refractivity contribution >= 4 is 11.7 Å². The molecule has 3 aromatic rings. The van der Waals surface area contributed by atoms with Gasteiger partial charge in [-0.15, -0.1) is 0 Å². The van der Waals surface area contributed by atoms with Crippen molar-refractivity contribution in [3.63, 3.8) is 0 Å². The van der Waals surface area contributed by atoms with Gasteiger partial charge in [-0.1, -0.05) is 24.3 Å². The molecule has 1 aliphatic carbocycles. The van der Waals surface area contributed by atoms with Gasteiger partial charge in [0.2, 0.25) is 5.91 Å². The number of rotatable bonds is 5. The third-order valence-electron chi connectivity index (χ3n) is 4.72. The lowest BCUT2D eigenvalue weighted by Gasteiger charge is -2.10. The topological polar surface area (TPSA) is 59.8 Å². The number of nitrogens with zero attached hydrogens (tertiary/aromatic N) is 3. The maximum atomic E-state index is 12.6. The molecule has 0 saturated heterocycles. The number of hydrogen-bond donors (Lipinski definition) is 1. The predicted octanol–water partition coefficient (Wildman–Crippen LogP) is 3.94. The summed E-state index contributed by atoms with van der Waals surface area (Å²) in [6, 6.07) is 13.8. The number of para-hydroxylation sites is 1. The van der Waals surface area contributed by atoms with Crippen LogP contribution in [0.2, 0.25) is 0 Å². The molecule has 1 amide bonds. The molecule has 1 aliphatic rings. The first kappa shape index (κ1) is 16.5. The monoisotopic (exact) mass is 346 g/mol. The molecule has 0 unspecified atom stereocenters. The predicted molar refractivity (Wildman–Crippen MR) is 102 cm³/mol. The van der Waals surface area contributed by atoms with Crippen LogP contribution in [0.15, 0.2) is 48.7 Å². The molecule has 26 heavy (non-hydrogen) atoms. The van der Waals surface area contributed by atoms with Gasteiger partial charge in [0.1, 0.15) is 5.82 Å². The van der Waals surface area contributed by atoms with Crippen LogP contribution in [0.1, 0.15) is 41.3 Å². The Morgan fingerprint density at radius 2 is 1.92 bits per heavy atom. The van der Waals surface area contributed by atoms with Crippen molar-refractivity contribution in [3.8, 4) is 5.69 Å². The fraction of sp³-hybridized carbons (Fsp3) is 0.286. The second-order valence-corrected chi connectivity index (χ2v) is 6.91. The lowest BCUT2D eigenvalue weighted by atomic mass is 10.1. The van der Waals surface area contributed by atoms with Crippen LogP contribution in [0.25, 0.3) is 5.69 Å². The molecule has 5 heteroatoms. The summed E-state index contributed by atoms with van der Waals surface area (Å²) in [6.45, 7) is 3.98. The van der Waals surface area contributed by atoms with E-state index in [2.05, 4.69) is 10.3 Å². The van der Waals surface area contributed by atoms with E-state index in [0.717, 1.165) is 34.0 Å². The van der Waals surface area contributed by atoms with E-state index in [4.69, 9.17) is 5.10 Å². The minimum atomic E-state index is -0.0572. The summed E-state index contributed by atoms with van der Waals surface area (Å²) in [5.74, 6) is 1.23. The van der Waals surface area contributed by atoms with Gasteiger partial charge in [-0.2, -0.15) is 5.10 Å². The minimum Gasteiger partial charge on any atom is -0.310 e. The van der Waals surface area contributed by atoms with Gasteiger partial charge >= 0.3 is 0 Å². The summed E-state index contributed by atoms with van der Waals surface area (Å²) >= 11 is 0. The Hall–Kier alpha value is -2.95. The smallest absolute Gasteiger partial charge is 0.230 e. The lowest BCUT2D eigenvalue weighted by Crippen LogP contribution is -2.18. The Labute approximate surface area is 153 Å². The molecular formula is C21H22N4O. The van der Waals surface area contributed by atoms with Crippen LogP contribution in [-0.4, -0.2) is 20.7 Å². The second-order valence-electron chi connectivity index (χ2n) is 6.91. The van der Waals surface area contributed by atoms with Gasteiger partial charge in [-0.05, 0) is 50.5 Å². The molecule has 5 nitrogen and oxygen atoms in total. The molecule has 132 valence electrons. The molecule has 0 bridgehead atoms. The normalized spacial score (nSPS) is 13.6. The van der Waals surface area contributed by atoms with Gasteiger partial charge in [-0.3, -0.25) is 9.78 Å². The lowest BCUT2D eigenvalue weighted by molar-refractivity contribution is -0.115. The van der Waals surface area contributed by atoms with Gasteiger partial charge in [0, 0.05) is 23.4 Å². The van der Waals surface area contributed by atoms with Crippen LogP contribution >= 0.6 is 0 Å². The molecule has 0 radical (unpaired) electrons. The molecular weight excluding hydrogens is 324 g/mol. The van der Waals surface area contributed by atoms with Crippen LogP contribution in [0.3, 0.4) is 0 Å². The Balaban J connectivity index is 1.62. The van der Waals surface area contributed by atoms with Crippen LogP contribution in [0.4, 0.5) is 5.82 Å². The summed E-state index contributed by atoms with van der Waals surface area (Å²) in [5.41, 5.74) is 4.96. The van der Waals surface area contributed by atoms with E-state index in [0.29, 0.717) is 12.3 Å². The highest BCUT2D eigenvalue weighted by Gasteiger charge is 2.31. The fourth-order valence-electron chi connectivity index (χ4n) is 3.12. The molecule has 1 aromatic carbocycles. The molecule has 2 heterocycles. The van der Waals surface area contributed by atoms with Gasteiger partial charge < -0.3 is 5.32 Å². The standard InChI is InChI=1S/C21H22N4O/c1-14-8-9-16(13-22-14)12-19(26)23-21-15(2)20(17-10-11-17)24-25(21)18-6-4-3-5-7-18/h3-9,13,17H,10-12H2,1-2H3,(H,23,26). The third-order valence-corrected chi connectivity index (χ3v) is 4.72. The zero-order chi connectivity index (χ0) is 18.1. The molecule has 0 spiro atoms. The average Bonchev–Trinajstić information content (AvgIpc) is 3.44. The number of anilines is 1. The SMILES string of the molecule is Cc1ccc(CC(=O)Nc2c(C)c(C3CC3)nn2-c2ccccc2)cn1. The summed E-state index contributed by atoms with van der Waals surface area (Å²) in [4.78, 5) is 16.9. The van der Waals surface area contributed by atoms with E-state index in [9.17, 15) is 4.79 Å².